The van der Waals surface area contributed by atoms with Crippen LogP contribution in [0.2, 0.25) is 0 Å². The Morgan fingerprint density at radius 2 is 2.03 bits per heavy atom. The number of benzene rings is 2. The minimum atomic E-state index is -0.212. The third-order valence-corrected chi connectivity index (χ3v) is 7.47. The van der Waals surface area contributed by atoms with Crippen LogP contribution in [0.3, 0.4) is 0 Å². The molecule has 1 aliphatic rings. The van der Waals surface area contributed by atoms with E-state index in [0.29, 0.717) is 5.56 Å². The molecule has 0 saturated carbocycles. The number of hydrazone groups is 1. The number of carbonyl (C=O) groups is 1. The number of H-pyrrole nitrogens is 1. The van der Waals surface area contributed by atoms with Gasteiger partial charge < -0.3 is 4.98 Å². The van der Waals surface area contributed by atoms with Crippen molar-refractivity contribution in [2.45, 2.75) is 30.0 Å². The highest BCUT2D eigenvalue weighted by Crippen LogP contribution is 2.39. The lowest BCUT2D eigenvalue weighted by molar-refractivity contribution is 0.0956. The Labute approximate surface area is 182 Å². The maximum absolute atomic E-state index is 12.6. The van der Waals surface area contributed by atoms with Crippen molar-refractivity contribution in [2.24, 2.45) is 5.10 Å². The van der Waals surface area contributed by atoms with Gasteiger partial charge in [0.1, 0.15) is 0 Å². The van der Waals surface area contributed by atoms with E-state index in [1.54, 1.807) is 29.2 Å². The van der Waals surface area contributed by atoms with Crippen LogP contribution in [0.1, 0.15) is 36.0 Å². The van der Waals surface area contributed by atoms with Gasteiger partial charge in [-0.3, -0.25) is 4.79 Å². The first kappa shape index (κ1) is 19.1. The number of hydrogen-bond acceptors (Lipinski definition) is 5. The Morgan fingerprint density at radius 1 is 1.13 bits per heavy atom. The summed E-state index contributed by atoms with van der Waals surface area (Å²) in [5.74, 6) is -0.212. The molecule has 0 spiro atoms. The fraction of sp³-hybridized carbons (Fsp3) is 0.174. The van der Waals surface area contributed by atoms with Crippen molar-refractivity contribution < 1.29 is 4.79 Å². The maximum Gasteiger partial charge on any atom is 0.273 e. The summed E-state index contributed by atoms with van der Waals surface area (Å²) >= 11 is 3.46. The lowest BCUT2D eigenvalue weighted by Gasteiger charge is -2.16. The molecule has 4 aromatic rings. The van der Waals surface area contributed by atoms with Crippen molar-refractivity contribution >= 4 is 56.3 Å². The summed E-state index contributed by atoms with van der Waals surface area (Å²) in [5, 5.41) is 5.28. The predicted molar refractivity (Wildman–Crippen MR) is 125 cm³/mol. The van der Waals surface area contributed by atoms with E-state index >= 15 is 0 Å². The number of nitrogens with one attached hydrogen (secondary N) is 2. The molecule has 2 N–H and O–H groups in total. The molecule has 1 aliphatic carbocycles. The first-order valence-electron chi connectivity index (χ1n) is 9.93. The second-order valence-corrected chi connectivity index (χ2v) is 9.52. The fourth-order valence-corrected chi connectivity index (χ4v) is 5.98. The van der Waals surface area contributed by atoms with Gasteiger partial charge in [-0.2, -0.15) is 5.10 Å². The number of carbonyl (C=O) groups excluding carboxylic acids is 1. The minimum absolute atomic E-state index is 0.212. The molecule has 5 rings (SSSR count). The van der Waals surface area contributed by atoms with Crippen molar-refractivity contribution in [1.82, 2.24) is 15.4 Å². The van der Waals surface area contributed by atoms with E-state index in [9.17, 15) is 4.79 Å². The first-order chi connectivity index (χ1) is 14.8. The molecule has 2 aromatic heterocycles. The highest BCUT2D eigenvalue weighted by atomic mass is 32.2. The summed E-state index contributed by atoms with van der Waals surface area (Å²) in [6.07, 6.45) is 7.95. The highest BCUT2D eigenvalue weighted by Gasteiger charge is 2.15. The van der Waals surface area contributed by atoms with E-state index < -0.39 is 0 Å². The minimum Gasteiger partial charge on any atom is -0.361 e. The summed E-state index contributed by atoms with van der Waals surface area (Å²) in [6, 6.07) is 15.8. The summed E-state index contributed by atoms with van der Waals surface area (Å²) < 4.78 is 2.26. The number of thioether (sulfide) groups is 1. The Balaban J connectivity index is 1.33. The number of para-hydroxylation sites is 2. The van der Waals surface area contributed by atoms with Crippen LogP contribution in [0.4, 0.5) is 0 Å². The van der Waals surface area contributed by atoms with E-state index in [0.717, 1.165) is 40.0 Å². The van der Waals surface area contributed by atoms with Crippen LogP contribution in [0.5, 0.6) is 0 Å². The molecule has 2 heterocycles. The molecule has 0 atom stereocenters. The van der Waals surface area contributed by atoms with Gasteiger partial charge in [-0.05, 0) is 60.4 Å². The van der Waals surface area contributed by atoms with Crippen LogP contribution < -0.4 is 5.43 Å². The van der Waals surface area contributed by atoms with Gasteiger partial charge in [0, 0.05) is 11.6 Å². The van der Waals surface area contributed by atoms with E-state index in [1.165, 1.54) is 21.6 Å². The third kappa shape index (κ3) is 3.91. The van der Waals surface area contributed by atoms with Crippen LogP contribution in [0, 0.1) is 0 Å². The molecule has 0 bridgehead atoms. The number of hydrogen-bond donors (Lipinski definition) is 2. The molecule has 5 nitrogen and oxygen atoms in total. The number of amides is 1. The average molecular weight is 433 g/mol. The lowest BCUT2D eigenvalue weighted by Crippen LogP contribution is -2.18. The monoisotopic (exact) mass is 432 g/mol. The van der Waals surface area contributed by atoms with Gasteiger partial charge in [0.2, 0.25) is 0 Å². The van der Waals surface area contributed by atoms with Gasteiger partial charge in [0.05, 0.1) is 27.5 Å². The Hall–Kier alpha value is -2.90. The van der Waals surface area contributed by atoms with Crippen LogP contribution in [0.25, 0.3) is 21.1 Å². The smallest absolute Gasteiger partial charge is 0.273 e. The van der Waals surface area contributed by atoms with Crippen LogP contribution in [-0.2, 0) is 0 Å². The lowest BCUT2D eigenvalue weighted by atomic mass is 10.0. The number of allylic oxidation sites excluding steroid dienone is 2. The molecule has 0 aliphatic heterocycles. The Morgan fingerprint density at radius 3 is 2.97 bits per heavy atom. The number of aromatic nitrogens is 2. The van der Waals surface area contributed by atoms with E-state index in [-0.39, 0.29) is 5.91 Å². The van der Waals surface area contributed by atoms with Crippen LogP contribution in [0.15, 0.2) is 74.6 Å². The topological polar surface area (TPSA) is 70.1 Å². The normalized spacial score (nSPS) is 14.8. The van der Waals surface area contributed by atoms with Crippen LogP contribution in [-0.4, -0.2) is 22.1 Å². The van der Waals surface area contributed by atoms with Crippen molar-refractivity contribution in [3.05, 3.63) is 70.8 Å². The van der Waals surface area contributed by atoms with Gasteiger partial charge in [-0.25, -0.2) is 10.4 Å². The van der Waals surface area contributed by atoms with Gasteiger partial charge in [-0.1, -0.05) is 36.0 Å². The van der Waals surface area contributed by atoms with Gasteiger partial charge in [0.25, 0.3) is 5.91 Å². The molecule has 0 saturated heterocycles. The molecule has 2 aromatic carbocycles. The molecule has 30 heavy (non-hydrogen) atoms. The van der Waals surface area contributed by atoms with E-state index in [2.05, 4.69) is 21.6 Å². The maximum atomic E-state index is 12.6. The molecule has 7 heteroatoms. The van der Waals surface area contributed by atoms with Gasteiger partial charge in [-0.15, -0.1) is 11.3 Å². The van der Waals surface area contributed by atoms with E-state index in [4.69, 9.17) is 4.98 Å². The zero-order valence-corrected chi connectivity index (χ0v) is 17.9. The molecule has 0 unspecified atom stereocenters. The number of aromatic amines is 1. The standard InChI is InChI=1S/C23H20N4OS2/c28-22(17-8-5-7-15-12-13-24-21(15)17)27-25-14-16-6-1-3-10-19(16)29-23-26-18-9-2-4-11-20(18)30-23/h2,4-5,7-9,11-14,24H,1,3,6,10H2,(H,27,28)/b25-14-. The van der Waals surface area contributed by atoms with Crippen LogP contribution >= 0.6 is 23.1 Å². The average Bonchev–Trinajstić information content (AvgIpc) is 3.41. The predicted octanol–water partition coefficient (Wildman–Crippen LogP) is 6.11. The molecule has 150 valence electrons. The SMILES string of the molecule is O=C(N/N=C\C1=C(Sc2nc3ccccc3s2)CCCC1)c1cccc2cc[nH]c12. The Kier molecular flexibility index (Phi) is 5.38. The number of nitrogens with zero attached hydrogens (tertiary/aromatic N) is 2. The number of fused-ring (bicyclic) bond motifs is 2. The van der Waals surface area contributed by atoms with Gasteiger partial charge >= 0.3 is 0 Å². The second kappa shape index (κ2) is 8.45. The van der Waals surface area contributed by atoms with Crippen molar-refractivity contribution in [1.29, 1.82) is 0 Å². The number of rotatable bonds is 5. The molecule has 0 radical (unpaired) electrons. The summed E-state index contributed by atoms with van der Waals surface area (Å²) in [4.78, 5) is 21.8. The summed E-state index contributed by atoms with van der Waals surface area (Å²) in [7, 11) is 0. The molecule has 0 fully saturated rings. The van der Waals surface area contributed by atoms with Crippen molar-refractivity contribution in [3.63, 3.8) is 0 Å². The second-order valence-electron chi connectivity index (χ2n) is 7.15. The summed E-state index contributed by atoms with van der Waals surface area (Å²) in [6.45, 7) is 0. The largest absolute Gasteiger partial charge is 0.361 e. The molecular weight excluding hydrogens is 412 g/mol. The third-order valence-electron chi connectivity index (χ3n) is 5.16. The zero-order chi connectivity index (χ0) is 20.3. The highest BCUT2D eigenvalue weighted by molar-refractivity contribution is 8.04. The van der Waals surface area contributed by atoms with E-state index in [1.807, 2.05) is 48.8 Å². The number of thiazole rings is 1. The molecular formula is C23H20N4OS2. The van der Waals surface area contributed by atoms with Gasteiger partial charge in [0.15, 0.2) is 4.34 Å². The quantitative estimate of drug-likeness (QED) is 0.295. The van der Waals surface area contributed by atoms with Crippen molar-refractivity contribution in [2.75, 3.05) is 0 Å². The van der Waals surface area contributed by atoms with Crippen molar-refractivity contribution in [3.8, 4) is 0 Å². The summed E-state index contributed by atoms with van der Waals surface area (Å²) in [5.41, 5.74) is 6.34. The Bertz CT molecular complexity index is 1250. The first-order valence-corrected chi connectivity index (χ1v) is 11.6. The molecule has 1 amide bonds. The zero-order valence-electron chi connectivity index (χ0n) is 16.2. The fourth-order valence-electron chi connectivity index (χ4n) is 3.66.